The summed E-state index contributed by atoms with van der Waals surface area (Å²) in [6, 6.07) is 19.4. The Bertz CT molecular complexity index is 1260. The van der Waals surface area contributed by atoms with Crippen molar-refractivity contribution < 1.29 is 24.0 Å². The molecular weight excluding hydrogens is 517 g/mol. The Morgan fingerprint density at radius 2 is 1.57 bits per heavy atom. The van der Waals surface area contributed by atoms with Crippen LogP contribution in [0.4, 0.5) is 5.69 Å². The van der Waals surface area contributed by atoms with Crippen molar-refractivity contribution in [1.29, 1.82) is 0 Å². The Hall–Kier alpha value is -3.88. The third-order valence-corrected chi connectivity index (χ3v) is 5.79. The second kappa shape index (κ2) is 13.4. The van der Waals surface area contributed by atoms with E-state index in [1.807, 2.05) is 6.07 Å². The molecule has 10 heteroatoms. The number of hydrogen-bond donors (Lipinski definition) is 2. The van der Waals surface area contributed by atoms with E-state index in [0.29, 0.717) is 11.3 Å². The fraction of sp³-hybridized carbons (Fsp3) is 0.185. The van der Waals surface area contributed by atoms with Crippen LogP contribution in [-0.2, 0) is 25.6 Å². The number of benzene rings is 3. The number of nitrogens with one attached hydrogen (secondary N) is 2. The van der Waals surface area contributed by atoms with E-state index in [9.17, 15) is 14.4 Å². The van der Waals surface area contributed by atoms with Crippen molar-refractivity contribution in [2.45, 2.75) is 19.4 Å². The number of amides is 2. The normalized spacial score (nSPS) is 11.8. The molecule has 3 rings (SSSR count). The van der Waals surface area contributed by atoms with Gasteiger partial charge in [0.15, 0.2) is 5.71 Å². The van der Waals surface area contributed by atoms with Crippen LogP contribution in [0.5, 0.6) is 0 Å². The third-order valence-electron chi connectivity index (χ3n) is 5.16. The summed E-state index contributed by atoms with van der Waals surface area (Å²) in [5.74, 6) is -1.64. The third kappa shape index (κ3) is 7.55. The SMILES string of the molecule is CCOC(=O)[C@H](Cc1ccc(NC(=O)c2c(Cl)cccc2Cl)cc1)NC(=O)C(=NOC)c1ccccc1. The fourth-order valence-electron chi connectivity index (χ4n) is 3.44. The molecule has 2 amide bonds. The van der Waals surface area contributed by atoms with Crippen molar-refractivity contribution in [3.05, 3.63) is 99.5 Å². The second-order valence-corrected chi connectivity index (χ2v) is 8.53. The monoisotopic (exact) mass is 541 g/mol. The lowest BCUT2D eigenvalue weighted by atomic mass is 10.0. The van der Waals surface area contributed by atoms with Gasteiger partial charge in [-0.15, -0.1) is 0 Å². The first-order chi connectivity index (χ1) is 17.8. The molecule has 192 valence electrons. The molecule has 0 aliphatic rings. The van der Waals surface area contributed by atoms with Crippen LogP contribution in [0.1, 0.15) is 28.4 Å². The summed E-state index contributed by atoms with van der Waals surface area (Å²) in [7, 11) is 1.33. The number of rotatable bonds is 10. The predicted molar refractivity (Wildman–Crippen MR) is 143 cm³/mol. The number of ether oxygens (including phenoxy) is 1. The Kier molecular flexibility index (Phi) is 10.1. The highest BCUT2D eigenvalue weighted by Crippen LogP contribution is 2.25. The first-order valence-electron chi connectivity index (χ1n) is 11.3. The van der Waals surface area contributed by atoms with E-state index >= 15 is 0 Å². The van der Waals surface area contributed by atoms with Gasteiger partial charge in [0, 0.05) is 17.7 Å². The highest BCUT2D eigenvalue weighted by Gasteiger charge is 2.26. The number of carbonyl (C=O) groups is 3. The van der Waals surface area contributed by atoms with E-state index < -0.39 is 23.8 Å². The van der Waals surface area contributed by atoms with Crippen LogP contribution >= 0.6 is 23.2 Å². The minimum Gasteiger partial charge on any atom is -0.464 e. The molecule has 1 atom stereocenters. The number of esters is 1. The van der Waals surface area contributed by atoms with Crippen LogP contribution in [0, 0.1) is 0 Å². The molecule has 0 heterocycles. The van der Waals surface area contributed by atoms with Gasteiger partial charge in [0.25, 0.3) is 11.8 Å². The molecule has 0 aliphatic heterocycles. The van der Waals surface area contributed by atoms with Crippen LogP contribution in [-0.4, -0.2) is 43.3 Å². The molecule has 3 aromatic rings. The number of oxime groups is 1. The van der Waals surface area contributed by atoms with Crippen LogP contribution in [0.15, 0.2) is 78.0 Å². The number of carbonyl (C=O) groups excluding carboxylic acids is 3. The van der Waals surface area contributed by atoms with E-state index in [1.54, 1.807) is 73.7 Å². The van der Waals surface area contributed by atoms with Gasteiger partial charge in [-0.05, 0) is 36.8 Å². The van der Waals surface area contributed by atoms with E-state index in [1.165, 1.54) is 7.11 Å². The zero-order valence-electron chi connectivity index (χ0n) is 20.2. The second-order valence-electron chi connectivity index (χ2n) is 7.72. The van der Waals surface area contributed by atoms with Crippen LogP contribution in [0.25, 0.3) is 0 Å². The fourth-order valence-corrected chi connectivity index (χ4v) is 4.01. The van der Waals surface area contributed by atoms with E-state index in [-0.39, 0.29) is 34.3 Å². The van der Waals surface area contributed by atoms with Gasteiger partial charge < -0.3 is 20.2 Å². The van der Waals surface area contributed by atoms with Gasteiger partial charge in [0.2, 0.25) is 0 Å². The summed E-state index contributed by atoms with van der Waals surface area (Å²) < 4.78 is 5.16. The average Bonchev–Trinajstić information content (AvgIpc) is 2.88. The highest BCUT2D eigenvalue weighted by molar-refractivity contribution is 6.45. The molecular formula is C27H25Cl2N3O5. The molecule has 0 fully saturated rings. The molecule has 0 unspecified atom stereocenters. The maximum Gasteiger partial charge on any atom is 0.328 e. The molecule has 37 heavy (non-hydrogen) atoms. The summed E-state index contributed by atoms with van der Waals surface area (Å²) in [5.41, 5.74) is 1.95. The largest absolute Gasteiger partial charge is 0.464 e. The van der Waals surface area contributed by atoms with E-state index in [2.05, 4.69) is 15.8 Å². The van der Waals surface area contributed by atoms with Crippen molar-refractivity contribution in [3.8, 4) is 0 Å². The molecule has 0 saturated carbocycles. The molecule has 0 bridgehead atoms. The van der Waals surface area contributed by atoms with E-state index in [0.717, 1.165) is 5.56 Å². The topological polar surface area (TPSA) is 106 Å². The molecule has 0 aromatic heterocycles. The average molecular weight is 542 g/mol. The van der Waals surface area contributed by atoms with Gasteiger partial charge in [-0.2, -0.15) is 0 Å². The quantitative estimate of drug-likeness (QED) is 0.216. The molecule has 0 saturated heterocycles. The molecule has 3 aromatic carbocycles. The van der Waals surface area contributed by atoms with Gasteiger partial charge in [-0.1, -0.05) is 76.9 Å². The standard InChI is InChI=1S/C27H25Cl2N3O5/c1-3-37-27(35)22(31-26(34)24(32-36-2)18-8-5-4-6-9-18)16-17-12-14-19(15-13-17)30-25(33)23-20(28)10-7-11-21(23)29/h4-15,22H,3,16H2,1-2H3,(H,30,33)(H,31,34)/t22-/m0/s1. The lowest BCUT2D eigenvalue weighted by molar-refractivity contribution is -0.146. The maximum atomic E-state index is 13.0. The number of nitrogens with zero attached hydrogens (tertiary/aromatic N) is 1. The van der Waals surface area contributed by atoms with Crippen LogP contribution in [0.3, 0.4) is 0 Å². The highest BCUT2D eigenvalue weighted by atomic mass is 35.5. The predicted octanol–water partition coefficient (Wildman–Crippen LogP) is 4.89. The first-order valence-corrected chi connectivity index (χ1v) is 12.1. The maximum absolute atomic E-state index is 13.0. The lowest BCUT2D eigenvalue weighted by Crippen LogP contribution is -2.46. The Balaban J connectivity index is 1.74. The lowest BCUT2D eigenvalue weighted by Gasteiger charge is -2.18. The van der Waals surface area contributed by atoms with Crippen molar-refractivity contribution in [2.75, 3.05) is 19.0 Å². The summed E-state index contributed by atoms with van der Waals surface area (Å²) in [6.07, 6.45) is 0.143. The zero-order chi connectivity index (χ0) is 26.8. The first kappa shape index (κ1) is 27.7. The van der Waals surface area contributed by atoms with Crippen molar-refractivity contribution in [2.24, 2.45) is 5.16 Å². The molecule has 0 radical (unpaired) electrons. The molecule has 0 aliphatic carbocycles. The van der Waals surface area contributed by atoms with E-state index in [4.69, 9.17) is 32.8 Å². The number of anilines is 1. The minimum atomic E-state index is -0.986. The summed E-state index contributed by atoms with van der Waals surface area (Å²) in [5, 5.41) is 9.74. The van der Waals surface area contributed by atoms with Gasteiger partial charge in [0.1, 0.15) is 13.2 Å². The van der Waals surface area contributed by atoms with Crippen LogP contribution < -0.4 is 10.6 Å². The number of hydrogen-bond acceptors (Lipinski definition) is 6. The van der Waals surface area contributed by atoms with Crippen molar-refractivity contribution >= 4 is 52.4 Å². The Labute approximate surface area is 224 Å². The smallest absolute Gasteiger partial charge is 0.328 e. The van der Waals surface area contributed by atoms with Crippen molar-refractivity contribution in [3.63, 3.8) is 0 Å². The summed E-state index contributed by atoms with van der Waals surface area (Å²) >= 11 is 12.2. The van der Waals surface area contributed by atoms with Gasteiger partial charge >= 0.3 is 5.97 Å². The molecule has 2 N–H and O–H groups in total. The van der Waals surface area contributed by atoms with Crippen molar-refractivity contribution in [1.82, 2.24) is 5.32 Å². The van der Waals surface area contributed by atoms with Gasteiger partial charge in [-0.3, -0.25) is 9.59 Å². The Morgan fingerprint density at radius 3 is 2.16 bits per heavy atom. The van der Waals surface area contributed by atoms with Gasteiger partial charge in [-0.25, -0.2) is 4.79 Å². The summed E-state index contributed by atoms with van der Waals surface area (Å²) in [4.78, 5) is 43.1. The molecule has 0 spiro atoms. The zero-order valence-corrected chi connectivity index (χ0v) is 21.7. The molecule has 8 nitrogen and oxygen atoms in total. The van der Waals surface area contributed by atoms with Crippen LogP contribution in [0.2, 0.25) is 10.0 Å². The van der Waals surface area contributed by atoms with Gasteiger partial charge in [0.05, 0.1) is 22.2 Å². The minimum absolute atomic E-state index is 0.0219. The number of halogens is 2. The Morgan fingerprint density at radius 1 is 0.919 bits per heavy atom. The summed E-state index contributed by atoms with van der Waals surface area (Å²) in [6.45, 7) is 1.83.